The van der Waals surface area contributed by atoms with Gasteiger partial charge in [0.1, 0.15) is 0 Å². The Morgan fingerprint density at radius 3 is 2.71 bits per heavy atom. The van der Waals surface area contributed by atoms with Crippen molar-refractivity contribution in [2.24, 2.45) is 0 Å². The number of nitrogens with zero attached hydrogens (tertiary/aromatic N) is 4. The van der Waals surface area contributed by atoms with Crippen LogP contribution in [-0.2, 0) is 6.54 Å². The molecular formula is C17H23N5O2. The van der Waals surface area contributed by atoms with E-state index in [4.69, 9.17) is 9.47 Å². The molecule has 1 aliphatic rings. The van der Waals surface area contributed by atoms with Crippen LogP contribution in [0.4, 0.5) is 11.8 Å². The van der Waals surface area contributed by atoms with Gasteiger partial charge in [0.15, 0.2) is 17.3 Å². The number of hydrogen-bond acceptors (Lipinski definition) is 7. The van der Waals surface area contributed by atoms with Crippen LogP contribution in [0.2, 0.25) is 0 Å². The quantitative estimate of drug-likeness (QED) is 0.798. The SMILES string of the molecule is CCCN(CCC)c1nncc(NCc2ccc3c(c2)OCO3)n1. The standard InChI is InChI=1S/C17H23N5O2/c1-3-7-22(8-4-2)17-20-16(11-19-21-17)18-10-13-5-6-14-15(9-13)24-12-23-14/h5-6,9,11H,3-4,7-8,10,12H2,1-2H3,(H,18,20,21). The molecule has 2 heterocycles. The van der Waals surface area contributed by atoms with E-state index >= 15 is 0 Å². The molecule has 2 aromatic rings. The lowest BCUT2D eigenvalue weighted by atomic mass is 10.2. The summed E-state index contributed by atoms with van der Waals surface area (Å²) in [5.74, 6) is 2.97. The molecule has 1 N–H and O–H groups in total. The van der Waals surface area contributed by atoms with Crippen molar-refractivity contribution in [3.8, 4) is 11.5 Å². The summed E-state index contributed by atoms with van der Waals surface area (Å²) >= 11 is 0. The summed E-state index contributed by atoms with van der Waals surface area (Å²) in [5, 5.41) is 11.5. The van der Waals surface area contributed by atoms with Gasteiger partial charge < -0.3 is 19.7 Å². The van der Waals surface area contributed by atoms with Crippen molar-refractivity contribution in [2.45, 2.75) is 33.2 Å². The molecule has 0 spiro atoms. The van der Waals surface area contributed by atoms with Gasteiger partial charge in [-0.3, -0.25) is 0 Å². The van der Waals surface area contributed by atoms with Crippen molar-refractivity contribution < 1.29 is 9.47 Å². The average molecular weight is 329 g/mol. The van der Waals surface area contributed by atoms with Gasteiger partial charge in [-0.1, -0.05) is 19.9 Å². The Balaban J connectivity index is 1.66. The third kappa shape index (κ3) is 3.84. The Hall–Kier alpha value is -2.57. The second-order valence-electron chi connectivity index (χ2n) is 5.67. The van der Waals surface area contributed by atoms with Crippen LogP contribution >= 0.6 is 0 Å². The van der Waals surface area contributed by atoms with Gasteiger partial charge in [-0.2, -0.15) is 10.1 Å². The van der Waals surface area contributed by atoms with E-state index in [0.717, 1.165) is 48.8 Å². The number of anilines is 2. The van der Waals surface area contributed by atoms with Crippen molar-refractivity contribution in [1.82, 2.24) is 15.2 Å². The second-order valence-corrected chi connectivity index (χ2v) is 5.67. The Bertz CT molecular complexity index is 674. The molecule has 0 saturated carbocycles. The van der Waals surface area contributed by atoms with Crippen LogP contribution in [0.25, 0.3) is 0 Å². The molecule has 7 heteroatoms. The van der Waals surface area contributed by atoms with E-state index in [1.165, 1.54) is 0 Å². The maximum absolute atomic E-state index is 5.40. The summed E-state index contributed by atoms with van der Waals surface area (Å²) in [4.78, 5) is 6.75. The number of fused-ring (bicyclic) bond motifs is 1. The third-order valence-electron chi connectivity index (χ3n) is 3.73. The molecule has 128 valence electrons. The molecule has 0 amide bonds. The fourth-order valence-corrected chi connectivity index (χ4v) is 2.61. The van der Waals surface area contributed by atoms with Crippen molar-refractivity contribution >= 4 is 11.8 Å². The van der Waals surface area contributed by atoms with E-state index in [1.807, 2.05) is 18.2 Å². The monoisotopic (exact) mass is 329 g/mol. The molecule has 0 fully saturated rings. The first-order chi connectivity index (χ1) is 11.8. The maximum atomic E-state index is 5.40. The van der Waals surface area contributed by atoms with Crippen LogP contribution in [0.3, 0.4) is 0 Å². The molecule has 0 radical (unpaired) electrons. The molecule has 3 rings (SSSR count). The highest BCUT2D eigenvalue weighted by atomic mass is 16.7. The normalized spacial score (nSPS) is 12.2. The molecule has 24 heavy (non-hydrogen) atoms. The predicted octanol–water partition coefficient (Wildman–Crippen LogP) is 2.84. The zero-order valence-corrected chi connectivity index (χ0v) is 14.2. The van der Waals surface area contributed by atoms with Gasteiger partial charge in [0.05, 0.1) is 6.20 Å². The van der Waals surface area contributed by atoms with E-state index in [-0.39, 0.29) is 6.79 Å². The van der Waals surface area contributed by atoms with Crippen LogP contribution in [0.15, 0.2) is 24.4 Å². The summed E-state index contributed by atoms with van der Waals surface area (Å²) < 4.78 is 10.7. The highest BCUT2D eigenvalue weighted by Crippen LogP contribution is 2.32. The third-order valence-corrected chi connectivity index (χ3v) is 3.73. The molecule has 0 aliphatic carbocycles. The van der Waals surface area contributed by atoms with Gasteiger partial charge >= 0.3 is 0 Å². The number of benzene rings is 1. The molecule has 1 aliphatic heterocycles. The van der Waals surface area contributed by atoms with E-state index in [9.17, 15) is 0 Å². The van der Waals surface area contributed by atoms with Crippen molar-refractivity contribution in [2.75, 3.05) is 30.1 Å². The lowest BCUT2D eigenvalue weighted by Gasteiger charge is -2.21. The van der Waals surface area contributed by atoms with Crippen molar-refractivity contribution in [1.29, 1.82) is 0 Å². The highest BCUT2D eigenvalue weighted by Gasteiger charge is 2.13. The second kappa shape index (κ2) is 7.81. The van der Waals surface area contributed by atoms with Gasteiger partial charge in [0, 0.05) is 19.6 Å². The van der Waals surface area contributed by atoms with Gasteiger partial charge in [-0.05, 0) is 30.5 Å². The fourth-order valence-electron chi connectivity index (χ4n) is 2.61. The minimum atomic E-state index is 0.288. The molecule has 1 aromatic heterocycles. The largest absolute Gasteiger partial charge is 0.454 e. The molecule has 0 saturated heterocycles. The lowest BCUT2D eigenvalue weighted by molar-refractivity contribution is 0.174. The Morgan fingerprint density at radius 2 is 1.92 bits per heavy atom. The average Bonchev–Trinajstić information content (AvgIpc) is 3.08. The fraction of sp³-hybridized carbons (Fsp3) is 0.471. The Labute approximate surface area is 142 Å². The molecule has 0 atom stereocenters. The topological polar surface area (TPSA) is 72.4 Å². The summed E-state index contributed by atoms with van der Waals surface area (Å²) in [6.07, 6.45) is 3.75. The smallest absolute Gasteiger partial charge is 0.247 e. The first-order valence-electron chi connectivity index (χ1n) is 8.37. The lowest BCUT2D eigenvalue weighted by Crippen LogP contribution is -2.27. The zero-order chi connectivity index (χ0) is 16.8. The number of ether oxygens (including phenoxy) is 2. The minimum absolute atomic E-state index is 0.288. The van der Waals surface area contributed by atoms with Gasteiger partial charge in [0.25, 0.3) is 0 Å². The van der Waals surface area contributed by atoms with E-state index in [1.54, 1.807) is 6.20 Å². The summed E-state index contributed by atoms with van der Waals surface area (Å²) in [6.45, 7) is 7.09. The predicted molar refractivity (Wildman–Crippen MR) is 92.5 cm³/mol. The van der Waals surface area contributed by atoms with Crippen LogP contribution < -0.4 is 19.7 Å². The number of hydrogen-bond donors (Lipinski definition) is 1. The van der Waals surface area contributed by atoms with Gasteiger partial charge in [-0.25, -0.2) is 0 Å². The molecule has 1 aromatic carbocycles. The Kier molecular flexibility index (Phi) is 5.30. The minimum Gasteiger partial charge on any atom is -0.454 e. The molecule has 0 bridgehead atoms. The van der Waals surface area contributed by atoms with Crippen molar-refractivity contribution in [3.63, 3.8) is 0 Å². The summed E-state index contributed by atoms with van der Waals surface area (Å²) in [6, 6.07) is 5.91. The van der Waals surface area contributed by atoms with E-state index < -0.39 is 0 Å². The number of nitrogens with one attached hydrogen (secondary N) is 1. The Morgan fingerprint density at radius 1 is 1.12 bits per heavy atom. The first kappa shape index (κ1) is 16.3. The zero-order valence-electron chi connectivity index (χ0n) is 14.2. The van der Waals surface area contributed by atoms with Crippen molar-refractivity contribution in [3.05, 3.63) is 30.0 Å². The van der Waals surface area contributed by atoms with E-state index in [0.29, 0.717) is 12.5 Å². The van der Waals surface area contributed by atoms with Gasteiger partial charge in [-0.15, -0.1) is 5.10 Å². The molecule has 0 unspecified atom stereocenters. The molecule has 7 nitrogen and oxygen atoms in total. The molecular weight excluding hydrogens is 306 g/mol. The van der Waals surface area contributed by atoms with E-state index in [2.05, 4.69) is 39.2 Å². The first-order valence-corrected chi connectivity index (χ1v) is 8.37. The number of rotatable bonds is 8. The summed E-state index contributed by atoms with van der Waals surface area (Å²) in [5.41, 5.74) is 1.10. The number of aromatic nitrogens is 3. The van der Waals surface area contributed by atoms with Crippen LogP contribution in [0.1, 0.15) is 32.3 Å². The highest BCUT2D eigenvalue weighted by molar-refractivity contribution is 5.46. The van der Waals surface area contributed by atoms with Gasteiger partial charge in [0.2, 0.25) is 12.7 Å². The van der Waals surface area contributed by atoms with Crippen LogP contribution in [0.5, 0.6) is 11.5 Å². The van der Waals surface area contributed by atoms with Crippen LogP contribution in [-0.4, -0.2) is 35.1 Å². The summed E-state index contributed by atoms with van der Waals surface area (Å²) in [7, 11) is 0. The van der Waals surface area contributed by atoms with Crippen LogP contribution in [0, 0.1) is 0 Å². The maximum Gasteiger partial charge on any atom is 0.247 e.